The highest BCUT2D eigenvalue weighted by atomic mass is 16.5. The van der Waals surface area contributed by atoms with Crippen LogP contribution in [0.1, 0.15) is 27.2 Å². The Morgan fingerprint density at radius 1 is 1.54 bits per heavy atom. The highest BCUT2D eigenvalue weighted by Crippen LogP contribution is 2.23. The maximum atomic E-state index is 11.4. The van der Waals surface area contributed by atoms with Crippen molar-refractivity contribution in [1.29, 1.82) is 0 Å². The number of carbonyl (C=O) groups is 2. The lowest BCUT2D eigenvalue weighted by Gasteiger charge is -2.21. The lowest BCUT2D eigenvalue weighted by atomic mass is 9.84. The zero-order valence-electron chi connectivity index (χ0n) is 8.42. The van der Waals surface area contributed by atoms with Gasteiger partial charge in [0, 0.05) is 0 Å². The van der Waals surface area contributed by atoms with Crippen LogP contribution >= 0.6 is 0 Å². The van der Waals surface area contributed by atoms with Gasteiger partial charge in [-0.25, -0.2) is 0 Å². The van der Waals surface area contributed by atoms with Crippen LogP contribution in [-0.4, -0.2) is 18.4 Å². The maximum Gasteiger partial charge on any atom is 0.319 e. The summed E-state index contributed by atoms with van der Waals surface area (Å²) >= 11 is 0. The molecule has 3 heteroatoms. The van der Waals surface area contributed by atoms with E-state index in [-0.39, 0.29) is 12.4 Å². The Bertz CT molecular complexity index is 220. The molecule has 0 fully saturated rings. The zero-order chi connectivity index (χ0) is 10.5. The normalized spacial score (nSPS) is 14.4. The first kappa shape index (κ1) is 11.9. The Morgan fingerprint density at radius 3 is 2.38 bits per heavy atom. The average molecular weight is 184 g/mol. The molecule has 0 saturated heterocycles. The third-order valence-electron chi connectivity index (χ3n) is 2.27. The summed E-state index contributed by atoms with van der Waals surface area (Å²) in [5, 5.41) is 0. The van der Waals surface area contributed by atoms with Crippen molar-refractivity contribution in [3.63, 3.8) is 0 Å². The predicted molar refractivity (Wildman–Crippen MR) is 50.2 cm³/mol. The molecule has 74 valence electrons. The smallest absolute Gasteiger partial charge is 0.319 e. The molecule has 0 saturated carbocycles. The van der Waals surface area contributed by atoms with Crippen molar-refractivity contribution in [2.45, 2.75) is 27.2 Å². The summed E-state index contributed by atoms with van der Waals surface area (Å²) in [7, 11) is 0. The number of Topliss-reactive ketones (excluding diaryl/α,β-unsaturated/α-hetero) is 1. The monoisotopic (exact) mass is 184 g/mol. The van der Waals surface area contributed by atoms with Crippen molar-refractivity contribution in [1.82, 2.24) is 0 Å². The summed E-state index contributed by atoms with van der Waals surface area (Å²) in [6.45, 7) is 8.37. The standard InChI is InChI=1S/C10H16O3/c1-5-7-13-9(12)10(4,6-2)8(3)11/h5H,1,6-7H2,2-4H3. The first-order chi connectivity index (χ1) is 5.99. The zero-order valence-corrected chi connectivity index (χ0v) is 8.42. The van der Waals surface area contributed by atoms with Crippen LogP contribution < -0.4 is 0 Å². The van der Waals surface area contributed by atoms with Crippen LogP contribution in [-0.2, 0) is 14.3 Å². The van der Waals surface area contributed by atoms with E-state index in [2.05, 4.69) is 6.58 Å². The predicted octanol–water partition coefficient (Wildman–Crippen LogP) is 1.72. The molecule has 0 bridgehead atoms. The van der Waals surface area contributed by atoms with E-state index < -0.39 is 11.4 Å². The van der Waals surface area contributed by atoms with E-state index >= 15 is 0 Å². The van der Waals surface area contributed by atoms with Crippen LogP contribution in [0.25, 0.3) is 0 Å². The molecule has 0 aromatic rings. The van der Waals surface area contributed by atoms with Crippen LogP contribution in [0, 0.1) is 5.41 Å². The van der Waals surface area contributed by atoms with Crippen molar-refractivity contribution >= 4 is 11.8 Å². The summed E-state index contributed by atoms with van der Waals surface area (Å²) in [5.74, 6) is -0.633. The molecule has 0 heterocycles. The molecule has 0 aliphatic heterocycles. The third-order valence-corrected chi connectivity index (χ3v) is 2.27. The first-order valence-corrected chi connectivity index (χ1v) is 4.28. The molecule has 0 radical (unpaired) electrons. The third kappa shape index (κ3) is 2.68. The Kier molecular flexibility index (Phi) is 4.38. The molecule has 0 aliphatic rings. The van der Waals surface area contributed by atoms with Crippen molar-refractivity contribution in [3.8, 4) is 0 Å². The van der Waals surface area contributed by atoms with Gasteiger partial charge in [0.25, 0.3) is 0 Å². The number of esters is 1. The van der Waals surface area contributed by atoms with E-state index in [4.69, 9.17) is 4.74 Å². The molecule has 0 aromatic heterocycles. The van der Waals surface area contributed by atoms with Crippen LogP contribution in [0.2, 0.25) is 0 Å². The van der Waals surface area contributed by atoms with Gasteiger partial charge in [0.05, 0.1) is 0 Å². The van der Waals surface area contributed by atoms with Crippen LogP contribution in [0.5, 0.6) is 0 Å². The second-order valence-electron chi connectivity index (χ2n) is 3.13. The molecule has 1 unspecified atom stereocenters. The number of ketones is 1. The first-order valence-electron chi connectivity index (χ1n) is 4.28. The lowest BCUT2D eigenvalue weighted by Crippen LogP contribution is -2.35. The summed E-state index contributed by atoms with van der Waals surface area (Å²) in [6, 6.07) is 0. The molecule has 0 N–H and O–H groups in total. The molecule has 0 amide bonds. The quantitative estimate of drug-likeness (QED) is 0.371. The number of hydrogen-bond acceptors (Lipinski definition) is 3. The Labute approximate surface area is 78.8 Å². The van der Waals surface area contributed by atoms with Gasteiger partial charge in [0.15, 0.2) is 0 Å². The molecular formula is C10H16O3. The van der Waals surface area contributed by atoms with Gasteiger partial charge in [0.2, 0.25) is 0 Å². The van der Waals surface area contributed by atoms with Gasteiger partial charge in [-0.3, -0.25) is 9.59 Å². The molecular weight excluding hydrogens is 168 g/mol. The van der Waals surface area contributed by atoms with Gasteiger partial charge in [-0.15, -0.1) is 0 Å². The number of carbonyl (C=O) groups excluding carboxylic acids is 2. The van der Waals surface area contributed by atoms with Crippen LogP contribution in [0.3, 0.4) is 0 Å². The summed E-state index contributed by atoms with van der Waals surface area (Å²) < 4.78 is 4.83. The van der Waals surface area contributed by atoms with E-state index in [0.29, 0.717) is 6.42 Å². The fraction of sp³-hybridized carbons (Fsp3) is 0.600. The summed E-state index contributed by atoms with van der Waals surface area (Å²) in [6.07, 6.45) is 1.94. The minimum atomic E-state index is -0.997. The highest BCUT2D eigenvalue weighted by Gasteiger charge is 2.37. The van der Waals surface area contributed by atoms with Gasteiger partial charge in [-0.05, 0) is 20.3 Å². The van der Waals surface area contributed by atoms with Gasteiger partial charge < -0.3 is 4.74 Å². The molecule has 0 aliphatic carbocycles. The van der Waals surface area contributed by atoms with Crippen molar-refractivity contribution in [2.24, 2.45) is 5.41 Å². The Hall–Kier alpha value is -1.12. The largest absolute Gasteiger partial charge is 0.461 e. The minimum Gasteiger partial charge on any atom is -0.461 e. The summed E-state index contributed by atoms with van der Waals surface area (Å²) in [5.41, 5.74) is -0.997. The van der Waals surface area contributed by atoms with E-state index in [1.807, 2.05) is 0 Å². The minimum absolute atomic E-state index is 0.154. The van der Waals surface area contributed by atoms with E-state index in [0.717, 1.165) is 0 Å². The topological polar surface area (TPSA) is 43.4 Å². The lowest BCUT2D eigenvalue weighted by molar-refractivity contribution is -0.158. The van der Waals surface area contributed by atoms with Gasteiger partial charge in [-0.2, -0.15) is 0 Å². The van der Waals surface area contributed by atoms with E-state index in [1.54, 1.807) is 13.8 Å². The van der Waals surface area contributed by atoms with Gasteiger partial charge in [-0.1, -0.05) is 19.6 Å². The number of rotatable bonds is 5. The van der Waals surface area contributed by atoms with Crippen molar-refractivity contribution in [2.75, 3.05) is 6.61 Å². The SMILES string of the molecule is C=CCOC(=O)C(C)(CC)C(C)=O. The Morgan fingerprint density at radius 2 is 2.08 bits per heavy atom. The van der Waals surface area contributed by atoms with Gasteiger partial charge >= 0.3 is 5.97 Å². The fourth-order valence-electron chi connectivity index (χ4n) is 0.831. The molecule has 3 nitrogen and oxygen atoms in total. The van der Waals surface area contributed by atoms with Crippen LogP contribution in [0.15, 0.2) is 12.7 Å². The fourth-order valence-corrected chi connectivity index (χ4v) is 0.831. The molecule has 0 rings (SSSR count). The van der Waals surface area contributed by atoms with Crippen LogP contribution in [0.4, 0.5) is 0 Å². The number of hydrogen-bond donors (Lipinski definition) is 0. The van der Waals surface area contributed by atoms with E-state index in [9.17, 15) is 9.59 Å². The highest BCUT2D eigenvalue weighted by molar-refractivity contribution is 6.02. The van der Waals surface area contributed by atoms with E-state index in [1.165, 1.54) is 13.0 Å². The summed E-state index contributed by atoms with van der Waals surface area (Å²) in [4.78, 5) is 22.6. The van der Waals surface area contributed by atoms with Crippen molar-refractivity contribution < 1.29 is 14.3 Å². The second-order valence-corrected chi connectivity index (χ2v) is 3.13. The second kappa shape index (κ2) is 4.80. The molecule has 0 aromatic carbocycles. The van der Waals surface area contributed by atoms with Gasteiger partial charge in [0.1, 0.15) is 17.8 Å². The maximum absolute atomic E-state index is 11.4. The molecule has 0 spiro atoms. The Balaban J connectivity index is 4.47. The molecule has 13 heavy (non-hydrogen) atoms. The average Bonchev–Trinajstić information content (AvgIpc) is 2.12. The number of ether oxygens (including phenoxy) is 1. The van der Waals surface area contributed by atoms with Crippen molar-refractivity contribution in [3.05, 3.63) is 12.7 Å². The molecule has 1 atom stereocenters.